The van der Waals surface area contributed by atoms with Gasteiger partial charge in [-0.1, -0.05) is 45.7 Å². The monoisotopic (exact) mass is 532 g/mol. The molecule has 8 heteroatoms. The zero-order valence-electron chi connectivity index (χ0n) is 18.7. The van der Waals surface area contributed by atoms with Gasteiger partial charge in [-0.3, -0.25) is 0 Å². The second kappa shape index (κ2) is 12.4. The van der Waals surface area contributed by atoms with Crippen molar-refractivity contribution in [2.45, 2.75) is 20.1 Å². The summed E-state index contributed by atoms with van der Waals surface area (Å²) in [5, 5.41) is 4.76. The van der Waals surface area contributed by atoms with Gasteiger partial charge in [0.1, 0.15) is 6.61 Å². The maximum Gasteiger partial charge on any atom is 0.180 e. The Morgan fingerprint density at radius 3 is 2.33 bits per heavy atom. The molecular formula is C25H26BrClN2O4. The summed E-state index contributed by atoms with van der Waals surface area (Å²) in [7, 11) is 3.22. The molecule has 1 N–H and O–H groups in total. The summed E-state index contributed by atoms with van der Waals surface area (Å²) < 4.78 is 23.3. The Kier molecular flexibility index (Phi) is 9.27. The summed E-state index contributed by atoms with van der Waals surface area (Å²) in [6.07, 6.45) is 1.69. The minimum absolute atomic E-state index is 0.382. The first-order chi connectivity index (χ1) is 16.0. The summed E-state index contributed by atoms with van der Waals surface area (Å²) in [6.45, 7) is 3.31. The summed E-state index contributed by atoms with van der Waals surface area (Å²) in [6, 6.07) is 17.3. The Bertz CT molecular complexity index is 1090. The van der Waals surface area contributed by atoms with Gasteiger partial charge in [0.15, 0.2) is 23.0 Å². The largest absolute Gasteiger partial charge is 0.493 e. The van der Waals surface area contributed by atoms with E-state index in [1.165, 1.54) is 0 Å². The van der Waals surface area contributed by atoms with Crippen molar-refractivity contribution in [3.05, 3.63) is 80.8 Å². The highest BCUT2D eigenvalue weighted by atomic mass is 79.9. The van der Waals surface area contributed by atoms with Crippen LogP contribution in [0.25, 0.3) is 0 Å². The van der Waals surface area contributed by atoms with Gasteiger partial charge in [0.05, 0.1) is 38.6 Å². The third kappa shape index (κ3) is 7.04. The number of rotatable bonds is 11. The van der Waals surface area contributed by atoms with Gasteiger partial charge in [0.2, 0.25) is 0 Å². The van der Waals surface area contributed by atoms with Gasteiger partial charge in [-0.05, 0) is 60.0 Å². The lowest BCUT2D eigenvalue weighted by Crippen LogP contribution is -2.06. The van der Waals surface area contributed by atoms with E-state index in [2.05, 4.69) is 26.5 Å². The second-order valence-electron chi connectivity index (χ2n) is 6.96. The topological polar surface area (TPSA) is 61.3 Å². The second-order valence-corrected chi connectivity index (χ2v) is 8.28. The number of methoxy groups -OCH3 is 2. The molecule has 0 aromatic heterocycles. The number of hydrogen-bond donors (Lipinski definition) is 1. The molecule has 0 saturated carbocycles. The van der Waals surface area contributed by atoms with Crippen molar-refractivity contribution in [1.82, 2.24) is 5.43 Å². The van der Waals surface area contributed by atoms with Crippen molar-refractivity contribution in [2.75, 3.05) is 20.8 Å². The summed E-state index contributed by atoms with van der Waals surface area (Å²) in [5.41, 5.74) is 5.86. The van der Waals surface area contributed by atoms with Crippen LogP contribution in [-0.4, -0.2) is 27.0 Å². The molecule has 0 saturated heterocycles. The molecule has 0 aliphatic heterocycles. The lowest BCUT2D eigenvalue weighted by atomic mass is 10.2. The van der Waals surface area contributed by atoms with E-state index < -0.39 is 0 Å². The predicted molar refractivity (Wildman–Crippen MR) is 135 cm³/mol. The molecule has 0 fully saturated rings. The third-order valence-electron chi connectivity index (χ3n) is 4.66. The SMILES string of the molecule is CCOc1cc(/C=N/NCc2ccc(OC)c(OC)c2)cc(Cl)c1OCc1ccc(Br)cc1. The normalized spacial score (nSPS) is 10.8. The van der Waals surface area contributed by atoms with Crippen LogP contribution in [0.5, 0.6) is 23.0 Å². The number of nitrogens with zero attached hydrogens (tertiary/aromatic N) is 1. The van der Waals surface area contributed by atoms with Crippen LogP contribution in [0.4, 0.5) is 0 Å². The first-order valence-electron chi connectivity index (χ1n) is 10.3. The highest BCUT2D eigenvalue weighted by Gasteiger charge is 2.13. The van der Waals surface area contributed by atoms with Gasteiger partial charge in [0.25, 0.3) is 0 Å². The maximum absolute atomic E-state index is 6.51. The fraction of sp³-hybridized carbons (Fsp3) is 0.240. The molecule has 0 aliphatic carbocycles. The molecule has 33 heavy (non-hydrogen) atoms. The fourth-order valence-electron chi connectivity index (χ4n) is 3.05. The highest BCUT2D eigenvalue weighted by Crippen LogP contribution is 2.37. The van der Waals surface area contributed by atoms with Gasteiger partial charge in [-0.2, -0.15) is 5.10 Å². The molecule has 0 bridgehead atoms. The first kappa shape index (κ1) is 24.7. The standard InChI is InChI=1S/C25H26BrClN2O4/c1-4-32-24-13-19(11-21(27)25(24)33-16-17-5-8-20(26)9-6-17)15-29-28-14-18-7-10-22(30-2)23(12-18)31-3/h5-13,15,28H,4,14,16H2,1-3H3/b29-15+. The van der Waals surface area contributed by atoms with E-state index in [1.54, 1.807) is 26.5 Å². The van der Waals surface area contributed by atoms with Crippen LogP contribution in [0.1, 0.15) is 23.6 Å². The van der Waals surface area contributed by atoms with Gasteiger partial charge >= 0.3 is 0 Å². The number of nitrogens with one attached hydrogen (secondary N) is 1. The zero-order valence-corrected chi connectivity index (χ0v) is 21.1. The molecule has 0 atom stereocenters. The molecule has 3 aromatic rings. The van der Waals surface area contributed by atoms with Crippen LogP contribution in [0.2, 0.25) is 5.02 Å². The minimum Gasteiger partial charge on any atom is -0.493 e. The Morgan fingerprint density at radius 2 is 1.64 bits per heavy atom. The molecule has 174 valence electrons. The number of hydrogen-bond acceptors (Lipinski definition) is 6. The molecule has 0 amide bonds. The summed E-state index contributed by atoms with van der Waals surface area (Å²) >= 11 is 9.95. The van der Waals surface area contributed by atoms with Crippen molar-refractivity contribution in [2.24, 2.45) is 5.10 Å². The Hall–Kier alpha value is -2.90. The lowest BCUT2D eigenvalue weighted by molar-refractivity contribution is 0.269. The van der Waals surface area contributed by atoms with Crippen LogP contribution in [0.3, 0.4) is 0 Å². The molecule has 0 unspecified atom stereocenters. The first-order valence-corrected chi connectivity index (χ1v) is 11.5. The number of halogens is 2. The van der Waals surface area contributed by atoms with Crippen molar-refractivity contribution in [3.63, 3.8) is 0 Å². The van der Waals surface area contributed by atoms with Crippen LogP contribution in [0, 0.1) is 0 Å². The molecule has 0 aliphatic rings. The molecule has 3 aromatic carbocycles. The molecular weight excluding hydrogens is 508 g/mol. The van der Waals surface area contributed by atoms with E-state index >= 15 is 0 Å². The van der Waals surface area contributed by atoms with Crippen LogP contribution >= 0.6 is 27.5 Å². The van der Waals surface area contributed by atoms with Gasteiger partial charge in [-0.25, -0.2) is 0 Å². The van der Waals surface area contributed by atoms with Crippen molar-refractivity contribution in [1.29, 1.82) is 0 Å². The maximum atomic E-state index is 6.51. The van der Waals surface area contributed by atoms with E-state index in [0.29, 0.717) is 47.8 Å². The molecule has 3 rings (SSSR count). The zero-order chi connectivity index (χ0) is 23.6. The minimum atomic E-state index is 0.382. The Morgan fingerprint density at radius 1 is 0.909 bits per heavy atom. The average molecular weight is 534 g/mol. The smallest absolute Gasteiger partial charge is 0.180 e. The Labute approximate surface area is 207 Å². The molecule has 0 spiro atoms. The van der Waals surface area contributed by atoms with Crippen molar-refractivity contribution < 1.29 is 18.9 Å². The molecule has 0 heterocycles. The van der Waals surface area contributed by atoms with E-state index in [4.69, 9.17) is 30.5 Å². The number of benzene rings is 3. The fourth-order valence-corrected chi connectivity index (χ4v) is 3.59. The average Bonchev–Trinajstić information content (AvgIpc) is 2.82. The number of ether oxygens (including phenoxy) is 4. The highest BCUT2D eigenvalue weighted by molar-refractivity contribution is 9.10. The van der Waals surface area contributed by atoms with Crippen LogP contribution < -0.4 is 24.4 Å². The van der Waals surface area contributed by atoms with Crippen LogP contribution in [0.15, 0.2) is 64.2 Å². The van der Waals surface area contributed by atoms with Crippen molar-refractivity contribution in [3.8, 4) is 23.0 Å². The predicted octanol–water partition coefficient (Wildman–Crippen LogP) is 6.22. The summed E-state index contributed by atoms with van der Waals surface area (Å²) in [4.78, 5) is 0. The van der Waals surface area contributed by atoms with E-state index in [1.807, 2.05) is 55.5 Å². The third-order valence-corrected chi connectivity index (χ3v) is 5.47. The molecule has 0 radical (unpaired) electrons. The van der Waals surface area contributed by atoms with Crippen LogP contribution in [-0.2, 0) is 13.2 Å². The molecule has 6 nitrogen and oxygen atoms in total. The summed E-state index contributed by atoms with van der Waals surface area (Å²) in [5.74, 6) is 2.44. The van der Waals surface area contributed by atoms with E-state index in [0.717, 1.165) is 21.2 Å². The Balaban J connectivity index is 1.66. The number of hydrazone groups is 1. The quantitative estimate of drug-likeness (QED) is 0.234. The van der Waals surface area contributed by atoms with Gasteiger partial charge in [-0.15, -0.1) is 0 Å². The van der Waals surface area contributed by atoms with E-state index in [-0.39, 0.29) is 0 Å². The lowest BCUT2D eigenvalue weighted by Gasteiger charge is -2.14. The van der Waals surface area contributed by atoms with E-state index in [9.17, 15) is 0 Å². The van der Waals surface area contributed by atoms with Crippen molar-refractivity contribution >= 4 is 33.7 Å². The van der Waals surface area contributed by atoms with Gasteiger partial charge in [0, 0.05) is 4.47 Å². The van der Waals surface area contributed by atoms with Gasteiger partial charge < -0.3 is 24.4 Å².